The van der Waals surface area contributed by atoms with Gasteiger partial charge in [-0.25, -0.2) is 4.79 Å². The largest absolute Gasteiger partial charge is 1.00 e. The summed E-state index contributed by atoms with van der Waals surface area (Å²) in [6.07, 6.45) is 13.7. The van der Waals surface area contributed by atoms with Crippen LogP contribution in [-0.2, 0) is 22.4 Å². The van der Waals surface area contributed by atoms with Crippen LogP contribution >= 0.6 is 0 Å². The van der Waals surface area contributed by atoms with E-state index < -0.39 is 6.17 Å². The molecule has 2 N–H and O–H groups in total. The van der Waals surface area contributed by atoms with Gasteiger partial charge in [0.15, 0.2) is 0 Å². The molecule has 0 aromatic heterocycles. The quantitative estimate of drug-likeness (QED) is 0.157. The van der Waals surface area contributed by atoms with Gasteiger partial charge in [-0.15, -0.1) is 24.4 Å². The molecule has 0 aliphatic carbocycles. The number of carbonyl (C=O) groups is 2. The molecule has 2 amide bonds. The van der Waals surface area contributed by atoms with Gasteiger partial charge in [-0.3, -0.25) is 4.79 Å². The van der Waals surface area contributed by atoms with Crippen LogP contribution in [0.4, 0.5) is 4.79 Å². The first kappa shape index (κ1) is 29.5. The van der Waals surface area contributed by atoms with Gasteiger partial charge >= 0.3 is 25.0 Å². The Morgan fingerprint density at radius 3 is 2.95 bits per heavy atom. The number of amides is 2. The Morgan fingerprint density at radius 2 is 2.18 bits per heavy atom. The Balaban J connectivity index is 0.00000400. The molecule has 3 aliphatic rings. The van der Waals surface area contributed by atoms with Crippen molar-refractivity contribution in [2.24, 2.45) is 10.2 Å². The molecule has 1 aromatic carbocycles. The van der Waals surface area contributed by atoms with Crippen LogP contribution < -0.4 is 34.2 Å². The van der Waals surface area contributed by atoms with Gasteiger partial charge in [-0.2, -0.15) is 18.9 Å². The Labute approximate surface area is 235 Å². The average Bonchev–Trinajstić information content (AvgIpc) is 3.42. The van der Waals surface area contributed by atoms with Crippen molar-refractivity contribution in [2.75, 3.05) is 26.9 Å². The summed E-state index contributed by atoms with van der Waals surface area (Å²) in [6.45, 7) is 5.71. The molecule has 3 aliphatic heterocycles. The molecule has 1 aromatic rings. The van der Waals surface area contributed by atoms with E-state index in [1.807, 2.05) is 12.1 Å². The summed E-state index contributed by atoms with van der Waals surface area (Å²) in [7, 11) is 1.54. The summed E-state index contributed by atoms with van der Waals surface area (Å²) in [5.74, 6) is 0.161. The summed E-state index contributed by atoms with van der Waals surface area (Å²) >= 11 is 0. The fourth-order valence-corrected chi connectivity index (χ4v) is 4.18. The predicted molar refractivity (Wildman–Crippen MR) is 139 cm³/mol. The molecule has 0 spiro atoms. The number of carbonyl (C=O) groups excluding carboxylic acids is 2. The van der Waals surface area contributed by atoms with Crippen LogP contribution in [-0.4, -0.2) is 68.5 Å². The van der Waals surface area contributed by atoms with E-state index in [0.29, 0.717) is 62.6 Å². The Kier molecular flexibility index (Phi) is 11.5. The van der Waals surface area contributed by atoms with Gasteiger partial charge in [0.05, 0.1) is 25.9 Å². The molecule has 2 unspecified atom stereocenters. The van der Waals surface area contributed by atoms with Gasteiger partial charge < -0.3 is 53.1 Å². The van der Waals surface area contributed by atoms with Crippen molar-refractivity contribution < 1.29 is 42.7 Å². The van der Waals surface area contributed by atoms with Gasteiger partial charge in [-0.1, -0.05) is 6.08 Å². The Bertz CT molecular complexity index is 1100. The second-order valence-corrected chi connectivity index (χ2v) is 8.85. The van der Waals surface area contributed by atoms with E-state index in [-0.39, 0.29) is 37.0 Å². The zero-order valence-corrected chi connectivity index (χ0v) is 22.0. The fourth-order valence-electron chi connectivity index (χ4n) is 4.18. The third-order valence-electron chi connectivity index (χ3n) is 6.19. The van der Waals surface area contributed by atoms with Gasteiger partial charge in [0, 0.05) is 19.5 Å². The summed E-state index contributed by atoms with van der Waals surface area (Å²) in [6, 6.07) is 3.66. The molecule has 1 fully saturated rings. The maximum atomic E-state index is 13.2. The molecule has 198 valence electrons. The van der Waals surface area contributed by atoms with Crippen molar-refractivity contribution in [3.63, 3.8) is 0 Å². The minimum absolute atomic E-state index is 0. The van der Waals surface area contributed by atoms with E-state index >= 15 is 0 Å². The molecule has 4 rings (SSSR count). The van der Waals surface area contributed by atoms with E-state index in [2.05, 4.69) is 40.2 Å². The topological polar surface area (TPSA) is 114 Å². The van der Waals surface area contributed by atoms with Gasteiger partial charge in [0.1, 0.15) is 18.0 Å². The van der Waals surface area contributed by atoms with Crippen LogP contribution in [0.2, 0.25) is 0 Å². The number of benzene rings is 1. The second kappa shape index (κ2) is 14.8. The molecule has 1 saturated heterocycles. The third kappa shape index (κ3) is 7.97. The van der Waals surface area contributed by atoms with E-state index in [9.17, 15) is 9.59 Å². The molecule has 0 radical (unpaired) electrons. The summed E-state index contributed by atoms with van der Waals surface area (Å²) in [5, 5.41) is 13.8. The van der Waals surface area contributed by atoms with Crippen molar-refractivity contribution in [3.05, 3.63) is 59.7 Å². The van der Waals surface area contributed by atoms with Crippen LogP contribution in [0.1, 0.15) is 47.2 Å². The second-order valence-electron chi connectivity index (χ2n) is 8.85. The number of hydrogen-bond donors (Lipinski definition) is 2. The number of dihydropyridines is 1. The van der Waals surface area contributed by atoms with E-state index in [1.165, 1.54) is 7.11 Å². The molecule has 10 nitrogen and oxygen atoms in total. The molecule has 0 bridgehead atoms. The first-order valence-corrected chi connectivity index (χ1v) is 12.4. The molecule has 3 heterocycles. The Morgan fingerprint density at radius 1 is 1.32 bits per heavy atom. The van der Waals surface area contributed by atoms with Crippen LogP contribution in [0.5, 0.6) is 5.75 Å². The van der Waals surface area contributed by atoms with Crippen LogP contribution in [0, 0.1) is 6.92 Å². The van der Waals surface area contributed by atoms with Crippen molar-refractivity contribution in [3.8, 4) is 5.75 Å². The van der Waals surface area contributed by atoms with E-state index in [0.717, 1.165) is 24.0 Å². The van der Waals surface area contributed by atoms with Crippen LogP contribution in [0.15, 0.2) is 46.3 Å². The van der Waals surface area contributed by atoms with Gasteiger partial charge in [-0.05, 0) is 29.7 Å². The number of hydrogen-bond acceptors (Lipinski definition) is 8. The first-order valence-electron chi connectivity index (χ1n) is 12.4. The van der Waals surface area contributed by atoms with Crippen molar-refractivity contribution in [1.29, 1.82) is 0 Å². The zero-order valence-electron chi connectivity index (χ0n) is 22.0. The average molecular weight is 514 g/mol. The van der Waals surface area contributed by atoms with Crippen molar-refractivity contribution >= 4 is 24.4 Å². The zero-order chi connectivity index (χ0) is 26.0. The number of fused-ring (bicyclic) bond motifs is 1. The number of rotatable bonds is 9. The standard InChI is InChI=1S/C27H32N5O5.Li/c1-3-4-5-11-28-29-16-21-7-6-8-25(30-21)31-26(33)23-14-20-17-32(12-9-19(20)15-24(23)35-2)27(34)37-22-10-13-36-18-22;/h6-8,14-15,22,25,30H,1,3-5,9-10,12-13,17-18H2,2H3,(H,31,33);/q-3;+1. The van der Waals surface area contributed by atoms with Crippen molar-refractivity contribution in [2.45, 2.75) is 50.9 Å². The number of unbranched alkanes of at least 4 members (excludes halogenated alkanes) is 2. The van der Waals surface area contributed by atoms with Crippen LogP contribution in [0.25, 0.3) is 0 Å². The number of allylic oxidation sites excluding steroid dienone is 3. The molecule has 38 heavy (non-hydrogen) atoms. The molecular formula is C27H32LiN5O5-2. The number of methoxy groups -OCH3 is 1. The number of nitrogens with zero attached hydrogens (tertiary/aromatic N) is 3. The summed E-state index contributed by atoms with van der Waals surface area (Å²) in [4.78, 5) is 27.5. The molecular weight excluding hydrogens is 481 g/mol. The normalized spacial score (nSPS) is 20.5. The summed E-state index contributed by atoms with van der Waals surface area (Å²) < 4.78 is 16.4. The maximum absolute atomic E-state index is 13.2. The minimum Gasteiger partial charge on any atom is -0.496 e. The minimum atomic E-state index is -0.477. The fraction of sp³-hybridized carbons (Fsp3) is 0.444. The smallest absolute Gasteiger partial charge is 0.496 e. The summed E-state index contributed by atoms with van der Waals surface area (Å²) in [5.41, 5.74) is 2.89. The third-order valence-corrected chi connectivity index (χ3v) is 6.19. The van der Waals surface area contributed by atoms with Gasteiger partial charge in [0.2, 0.25) is 0 Å². The Hall–Kier alpha value is -3.06. The van der Waals surface area contributed by atoms with E-state index in [4.69, 9.17) is 14.2 Å². The molecule has 11 heteroatoms. The number of ether oxygens (including phenoxy) is 3. The first-order chi connectivity index (χ1) is 18.1. The predicted octanol–water partition coefficient (Wildman–Crippen LogP) is -0.103. The van der Waals surface area contributed by atoms with Crippen LogP contribution in [0.3, 0.4) is 0 Å². The monoisotopic (exact) mass is 513 g/mol. The maximum Gasteiger partial charge on any atom is 1.00 e. The molecule has 0 saturated carbocycles. The van der Waals surface area contributed by atoms with E-state index in [1.54, 1.807) is 23.1 Å². The van der Waals surface area contributed by atoms with Gasteiger partial charge in [0.25, 0.3) is 5.91 Å². The van der Waals surface area contributed by atoms with Crippen molar-refractivity contribution in [1.82, 2.24) is 15.5 Å². The molecule has 2 atom stereocenters. The SMILES string of the molecule is [CH2-]CCC[C-]=NN=[C-]C1=CC=CC(NC(=O)c2cc3c(cc2OC)CCN(C(=O)OC2CCOC2)C3)N1.[Li+]. The number of nitrogens with one attached hydrogen (secondary N) is 2.